The number of hydrogen-bond donors (Lipinski definition) is 1. The molecule has 0 atom stereocenters. The Bertz CT molecular complexity index is 629. The molecule has 116 valence electrons. The summed E-state index contributed by atoms with van der Waals surface area (Å²) < 4.78 is 11.3. The number of oxime groups is 1. The molecule has 0 heterocycles. The molecule has 0 spiro atoms. The maximum atomic E-state index is 8.62. The van der Waals surface area contributed by atoms with Crippen LogP contribution in [0.4, 0.5) is 0 Å². The molecule has 0 radical (unpaired) electrons. The fourth-order valence-corrected chi connectivity index (χ4v) is 2.32. The zero-order chi connectivity index (χ0) is 15.8. The molecule has 5 heteroatoms. The number of hydrogen-bond acceptors (Lipinski definition) is 4. The van der Waals surface area contributed by atoms with Crippen molar-refractivity contribution in [2.24, 2.45) is 5.16 Å². The van der Waals surface area contributed by atoms with E-state index < -0.39 is 0 Å². The average molecular weight is 320 g/mol. The van der Waals surface area contributed by atoms with Gasteiger partial charge in [0.25, 0.3) is 0 Å². The monoisotopic (exact) mass is 319 g/mol. The maximum Gasteiger partial charge on any atom is 0.179 e. The highest BCUT2D eigenvalue weighted by molar-refractivity contribution is 6.32. The van der Waals surface area contributed by atoms with Crippen molar-refractivity contribution in [3.05, 3.63) is 58.6 Å². The van der Waals surface area contributed by atoms with Crippen LogP contribution in [-0.4, -0.2) is 24.6 Å². The Hall–Kier alpha value is -2.20. The van der Waals surface area contributed by atoms with E-state index >= 15 is 0 Å². The van der Waals surface area contributed by atoms with Crippen molar-refractivity contribution >= 4 is 17.8 Å². The molecule has 0 aliphatic carbocycles. The lowest BCUT2D eigenvalue weighted by Gasteiger charge is -2.14. The summed E-state index contributed by atoms with van der Waals surface area (Å²) in [6.45, 7) is 2.87. The van der Waals surface area contributed by atoms with Gasteiger partial charge in [-0.05, 0) is 24.6 Å². The van der Waals surface area contributed by atoms with E-state index in [-0.39, 0.29) is 0 Å². The minimum absolute atomic E-state index is 0.425. The van der Waals surface area contributed by atoms with E-state index in [2.05, 4.69) is 17.3 Å². The molecule has 22 heavy (non-hydrogen) atoms. The van der Waals surface area contributed by atoms with Gasteiger partial charge in [-0.15, -0.1) is 0 Å². The molecule has 0 saturated heterocycles. The van der Waals surface area contributed by atoms with Crippen molar-refractivity contribution in [2.75, 3.05) is 13.2 Å². The van der Waals surface area contributed by atoms with Gasteiger partial charge in [0.1, 0.15) is 0 Å². The van der Waals surface area contributed by atoms with E-state index in [4.69, 9.17) is 26.3 Å². The van der Waals surface area contributed by atoms with Gasteiger partial charge in [-0.25, -0.2) is 0 Å². The lowest BCUT2D eigenvalue weighted by atomic mass is 10.2. The van der Waals surface area contributed by atoms with Gasteiger partial charge in [-0.1, -0.05) is 47.1 Å². The molecule has 0 aliphatic rings. The molecule has 0 aromatic heterocycles. The van der Waals surface area contributed by atoms with Crippen molar-refractivity contribution in [3.63, 3.8) is 0 Å². The van der Waals surface area contributed by atoms with E-state index in [1.165, 1.54) is 11.8 Å². The second-order valence-electron chi connectivity index (χ2n) is 4.59. The third-order valence-corrected chi connectivity index (χ3v) is 3.30. The van der Waals surface area contributed by atoms with E-state index in [0.29, 0.717) is 35.3 Å². The van der Waals surface area contributed by atoms with Crippen molar-refractivity contribution in [3.8, 4) is 11.5 Å². The van der Waals surface area contributed by atoms with Gasteiger partial charge < -0.3 is 14.7 Å². The zero-order valence-electron chi connectivity index (χ0n) is 12.3. The third-order valence-electron chi connectivity index (χ3n) is 3.02. The van der Waals surface area contributed by atoms with Gasteiger partial charge in [0, 0.05) is 12.0 Å². The van der Waals surface area contributed by atoms with Crippen LogP contribution in [0.5, 0.6) is 11.5 Å². The van der Waals surface area contributed by atoms with E-state index in [1.54, 1.807) is 12.1 Å². The van der Waals surface area contributed by atoms with Gasteiger partial charge in [-0.3, -0.25) is 0 Å². The molecule has 0 aliphatic heterocycles. The van der Waals surface area contributed by atoms with Crippen molar-refractivity contribution < 1.29 is 14.7 Å². The maximum absolute atomic E-state index is 8.62. The largest absolute Gasteiger partial charge is 0.490 e. The van der Waals surface area contributed by atoms with Crippen LogP contribution in [0.25, 0.3) is 0 Å². The van der Waals surface area contributed by atoms with Gasteiger partial charge in [0.2, 0.25) is 0 Å². The quantitative estimate of drug-likeness (QED) is 0.473. The Morgan fingerprint density at radius 2 is 1.95 bits per heavy atom. The summed E-state index contributed by atoms with van der Waals surface area (Å²) >= 11 is 6.24. The third kappa shape index (κ3) is 4.40. The zero-order valence-corrected chi connectivity index (χ0v) is 13.1. The molecule has 4 nitrogen and oxygen atoms in total. The lowest BCUT2D eigenvalue weighted by Crippen LogP contribution is -2.04. The predicted molar refractivity (Wildman–Crippen MR) is 87.6 cm³/mol. The SMILES string of the molecule is CCOc1cc(C=NO)cc(Cl)c1OCCc1ccccc1. The van der Waals surface area contributed by atoms with Crippen LogP contribution >= 0.6 is 11.6 Å². The summed E-state index contributed by atoms with van der Waals surface area (Å²) in [5.41, 5.74) is 1.84. The van der Waals surface area contributed by atoms with Crippen LogP contribution in [0.1, 0.15) is 18.1 Å². The van der Waals surface area contributed by atoms with Crippen LogP contribution in [0, 0.1) is 0 Å². The van der Waals surface area contributed by atoms with Crippen LogP contribution in [0.2, 0.25) is 5.02 Å². The molecule has 2 aromatic rings. The molecule has 0 unspecified atom stereocenters. The molecule has 2 aromatic carbocycles. The van der Waals surface area contributed by atoms with Gasteiger partial charge >= 0.3 is 0 Å². The van der Waals surface area contributed by atoms with E-state index in [0.717, 1.165) is 6.42 Å². The normalized spacial score (nSPS) is 10.8. The van der Waals surface area contributed by atoms with E-state index in [9.17, 15) is 0 Å². The Kier molecular flexibility index (Phi) is 6.10. The highest BCUT2D eigenvalue weighted by Crippen LogP contribution is 2.36. The Balaban J connectivity index is 2.11. The molecule has 0 saturated carbocycles. The second-order valence-corrected chi connectivity index (χ2v) is 5.00. The van der Waals surface area contributed by atoms with Crippen LogP contribution in [0.3, 0.4) is 0 Å². The smallest absolute Gasteiger partial charge is 0.179 e. The minimum atomic E-state index is 0.425. The van der Waals surface area contributed by atoms with Gasteiger partial charge in [0.15, 0.2) is 11.5 Å². The van der Waals surface area contributed by atoms with E-state index in [1.807, 2.05) is 25.1 Å². The fourth-order valence-electron chi connectivity index (χ4n) is 2.05. The lowest BCUT2D eigenvalue weighted by molar-refractivity contribution is 0.279. The molecular formula is C17H18ClNO3. The number of benzene rings is 2. The topological polar surface area (TPSA) is 51.0 Å². The van der Waals surface area contributed by atoms with Crippen LogP contribution in [0.15, 0.2) is 47.6 Å². The van der Waals surface area contributed by atoms with Crippen molar-refractivity contribution in [1.29, 1.82) is 0 Å². The summed E-state index contributed by atoms with van der Waals surface area (Å²) in [6, 6.07) is 13.5. The Morgan fingerprint density at radius 1 is 1.18 bits per heavy atom. The predicted octanol–water partition coefficient (Wildman–Crippen LogP) is 4.17. The molecule has 0 bridgehead atoms. The summed E-state index contributed by atoms with van der Waals surface area (Å²) in [7, 11) is 0. The first kappa shape index (κ1) is 16.2. The Labute approximate surface area is 134 Å². The number of halogens is 1. The first-order valence-electron chi connectivity index (χ1n) is 7.05. The van der Waals surface area contributed by atoms with Crippen molar-refractivity contribution in [1.82, 2.24) is 0 Å². The summed E-state index contributed by atoms with van der Waals surface area (Å²) in [5.74, 6) is 1.05. The van der Waals surface area contributed by atoms with Crippen molar-refractivity contribution in [2.45, 2.75) is 13.3 Å². The van der Waals surface area contributed by atoms with Gasteiger partial charge in [0.05, 0.1) is 24.5 Å². The fraction of sp³-hybridized carbons (Fsp3) is 0.235. The number of ether oxygens (including phenoxy) is 2. The van der Waals surface area contributed by atoms with Crippen LogP contribution < -0.4 is 9.47 Å². The summed E-state index contributed by atoms with van der Waals surface area (Å²) in [6.07, 6.45) is 2.07. The van der Waals surface area contributed by atoms with Gasteiger partial charge in [-0.2, -0.15) is 0 Å². The molecule has 1 N–H and O–H groups in total. The molecular weight excluding hydrogens is 302 g/mol. The highest BCUT2D eigenvalue weighted by Gasteiger charge is 2.12. The number of rotatable bonds is 7. The average Bonchev–Trinajstić information content (AvgIpc) is 2.51. The minimum Gasteiger partial charge on any atom is -0.490 e. The summed E-state index contributed by atoms with van der Waals surface area (Å²) in [4.78, 5) is 0. The molecule has 0 amide bonds. The first-order chi connectivity index (χ1) is 10.7. The second kappa shape index (κ2) is 8.29. The van der Waals surface area contributed by atoms with Crippen LogP contribution in [-0.2, 0) is 6.42 Å². The highest BCUT2D eigenvalue weighted by atomic mass is 35.5. The standard InChI is InChI=1S/C17H18ClNO3/c1-2-21-16-11-14(12-19-20)10-15(18)17(16)22-9-8-13-6-4-3-5-7-13/h3-7,10-12,20H,2,8-9H2,1H3. The molecule has 0 fully saturated rings. The Morgan fingerprint density at radius 3 is 2.64 bits per heavy atom. The first-order valence-corrected chi connectivity index (χ1v) is 7.43. The summed E-state index contributed by atoms with van der Waals surface area (Å²) in [5, 5.41) is 12.0. The molecule has 2 rings (SSSR count). The number of nitrogens with zero attached hydrogens (tertiary/aromatic N) is 1.